The van der Waals surface area contributed by atoms with Crippen molar-refractivity contribution in [3.63, 3.8) is 0 Å². The van der Waals surface area contributed by atoms with E-state index < -0.39 is 23.6 Å². The zero-order valence-electron chi connectivity index (χ0n) is 23.1. The molecular weight excluding hydrogens is 524 g/mol. The molecule has 4 rings (SSSR count). The van der Waals surface area contributed by atoms with Crippen LogP contribution in [0.5, 0.6) is 5.75 Å². The van der Waals surface area contributed by atoms with E-state index in [0.717, 1.165) is 5.56 Å². The summed E-state index contributed by atoms with van der Waals surface area (Å²) < 4.78 is 7.98. The lowest BCUT2D eigenvalue weighted by atomic mass is 10.0. The number of anilines is 1. The number of hydrogen-bond donors (Lipinski definition) is 3. The van der Waals surface area contributed by atoms with Crippen molar-refractivity contribution in [3.8, 4) is 22.6 Å². The average molecular weight is 557 g/mol. The number of urea groups is 1. The predicted octanol–water partition coefficient (Wildman–Crippen LogP) is 4.52. The summed E-state index contributed by atoms with van der Waals surface area (Å²) in [5.41, 5.74) is 1.72. The van der Waals surface area contributed by atoms with Crippen molar-refractivity contribution in [2.24, 2.45) is 0 Å². The van der Waals surface area contributed by atoms with E-state index in [1.165, 1.54) is 15.3 Å². The maximum atomic E-state index is 13.4. The number of aromatic hydroxyl groups is 1. The van der Waals surface area contributed by atoms with Crippen LogP contribution < -0.4 is 21.8 Å². The molecule has 1 atom stereocenters. The summed E-state index contributed by atoms with van der Waals surface area (Å²) in [7, 11) is 0. The van der Waals surface area contributed by atoms with Gasteiger partial charge in [0, 0.05) is 35.8 Å². The first-order valence-electron chi connectivity index (χ1n) is 13.3. The number of aromatic nitrogens is 2. The number of benzene rings is 2. The minimum absolute atomic E-state index is 0.160. The zero-order chi connectivity index (χ0) is 29.5. The van der Waals surface area contributed by atoms with Gasteiger partial charge in [0.2, 0.25) is 0 Å². The molecule has 0 fully saturated rings. The Morgan fingerprint density at radius 2 is 1.73 bits per heavy atom. The van der Waals surface area contributed by atoms with E-state index in [1.807, 2.05) is 30.3 Å². The van der Waals surface area contributed by atoms with E-state index in [4.69, 9.17) is 4.74 Å². The standard InChI is InChI=1S/C31H32N4O6/c1-4-34-19-20(3)28(37)27(30(34)39)33-31(40)32-25(18-26(36)41-5-2)22-13-9-14-23(17-22)35-16-10-15-24(29(35)38)21-11-7-6-8-12-21/h6-17,19,25,37H,4-5,18H2,1-3H3,(H2,32,33,40). The predicted molar refractivity (Wildman–Crippen MR) is 156 cm³/mol. The third kappa shape index (κ3) is 6.55. The molecule has 0 aliphatic rings. The Kier molecular flexibility index (Phi) is 9.03. The zero-order valence-corrected chi connectivity index (χ0v) is 23.1. The molecule has 0 aliphatic carbocycles. The Bertz CT molecular complexity index is 1680. The molecule has 0 saturated heterocycles. The van der Waals surface area contributed by atoms with E-state index in [0.29, 0.717) is 28.9 Å². The average Bonchev–Trinajstić information content (AvgIpc) is 2.97. The summed E-state index contributed by atoms with van der Waals surface area (Å²) in [6.07, 6.45) is 2.95. The van der Waals surface area contributed by atoms with Crippen molar-refractivity contribution >= 4 is 17.7 Å². The van der Waals surface area contributed by atoms with Gasteiger partial charge in [0.05, 0.1) is 19.1 Å². The summed E-state index contributed by atoms with van der Waals surface area (Å²) in [5.74, 6) is -0.880. The molecule has 2 aromatic carbocycles. The van der Waals surface area contributed by atoms with Gasteiger partial charge in [-0.2, -0.15) is 0 Å². The second-order valence-corrected chi connectivity index (χ2v) is 9.35. The highest BCUT2D eigenvalue weighted by Crippen LogP contribution is 2.25. The second-order valence-electron chi connectivity index (χ2n) is 9.35. The van der Waals surface area contributed by atoms with Crippen molar-refractivity contribution in [2.75, 3.05) is 11.9 Å². The quantitative estimate of drug-likeness (QED) is 0.260. The first-order chi connectivity index (χ1) is 19.7. The number of carbonyl (C=O) groups is 2. The highest BCUT2D eigenvalue weighted by Gasteiger charge is 2.22. The first kappa shape index (κ1) is 28.9. The van der Waals surface area contributed by atoms with Crippen LogP contribution in [-0.2, 0) is 16.1 Å². The smallest absolute Gasteiger partial charge is 0.319 e. The van der Waals surface area contributed by atoms with E-state index in [9.17, 15) is 24.3 Å². The van der Waals surface area contributed by atoms with Crippen LogP contribution >= 0.6 is 0 Å². The fourth-order valence-electron chi connectivity index (χ4n) is 4.52. The molecule has 0 saturated carbocycles. The largest absolute Gasteiger partial charge is 0.505 e. The number of aryl methyl sites for hydroxylation is 2. The molecule has 3 N–H and O–H groups in total. The normalized spacial score (nSPS) is 11.5. The van der Waals surface area contributed by atoms with Crippen LogP contribution in [-0.4, -0.2) is 32.8 Å². The van der Waals surface area contributed by atoms with E-state index in [2.05, 4.69) is 10.6 Å². The highest BCUT2D eigenvalue weighted by atomic mass is 16.5. The van der Waals surface area contributed by atoms with Crippen LogP contribution in [0.15, 0.2) is 88.7 Å². The van der Waals surface area contributed by atoms with Gasteiger partial charge in [0.1, 0.15) is 5.75 Å². The number of esters is 1. The van der Waals surface area contributed by atoms with Crippen LogP contribution in [0.25, 0.3) is 16.8 Å². The summed E-state index contributed by atoms with van der Waals surface area (Å²) in [4.78, 5) is 51.7. The molecule has 2 aromatic heterocycles. The van der Waals surface area contributed by atoms with Gasteiger partial charge in [-0.05, 0) is 56.2 Å². The number of amides is 2. The van der Waals surface area contributed by atoms with Crippen molar-refractivity contribution in [3.05, 3.63) is 111 Å². The summed E-state index contributed by atoms with van der Waals surface area (Å²) in [5, 5.41) is 15.6. The maximum Gasteiger partial charge on any atom is 0.319 e. The van der Waals surface area contributed by atoms with Gasteiger partial charge < -0.3 is 25.0 Å². The van der Waals surface area contributed by atoms with Gasteiger partial charge >= 0.3 is 12.0 Å². The number of rotatable bonds is 9. The molecule has 212 valence electrons. The number of ether oxygens (including phenoxy) is 1. The monoisotopic (exact) mass is 556 g/mol. The first-order valence-corrected chi connectivity index (χ1v) is 13.3. The van der Waals surface area contributed by atoms with E-state index in [1.54, 1.807) is 63.4 Å². The third-order valence-corrected chi connectivity index (χ3v) is 6.58. The Labute approximate surface area is 236 Å². The number of hydrogen-bond acceptors (Lipinski definition) is 6. The lowest BCUT2D eigenvalue weighted by Crippen LogP contribution is -2.36. The summed E-state index contributed by atoms with van der Waals surface area (Å²) >= 11 is 0. The molecular formula is C31H32N4O6. The van der Waals surface area contributed by atoms with Gasteiger partial charge in [-0.1, -0.05) is 42.5 Å². The molecule has 10 heteroatoms. The van der Waals surface area contributed by atoms with Crippen molar-refractivity contribution in [1.82, 2.24) is 14.5 Å². The molecule has 4 aromatic rings. The Morgan fingerprint density at radius 3 is 2.44 bits per heavy atom. The minimum Gasteiger partial charge on any atom is -0.505 e. The lowest BCUT2D eigenvalue weighted by Gasteiger charge is -2.20. The van der Waals surface area contributed by atoms with Crippen LogP contribution in [0.3, 0.4) is 0 Å². The van der Waals surface area contributed by atoms with Crippen LogP contribution in [0, 0.1) is 6.92 Å². The van der Waals surface area contributed by atoms with Gasteiger partial charge in [-0.15, -0.1) is 0 Å². The molecule has 10 nitrogen and oxygen atoms in total. The number of pyridine rings is 2. The lowest BCUT2D eigenvalue weighted by molar-refractivity contribution is -0.143. The summed E-state index contributed by atoms with van der Waals surface area (Å²) in [6, 6.07) is 18.0. The van der Waals surface area contributed by atoms with E-state index in [-0.39, 0.29) is 30.0 Å². The topological polar surface area (TPSA) is 132 Å². The molecule has 2 heterocycles. The number of nitrogens with one attached hydrogen (secondary N) is 2. The fourth-order valence-corrected chi connectivity index (χ4v) is 4.52. The van der Waals surface area contributed by atoms with Gasteiger partial charge in [0.15, 0.2) is 5.69 Å². The van der Waals surface area contributed by atoms with Crippen LogP contribution in [0.1, 0.15) is 37.4 Å². The Hall–Kier alpha value is -5.12. The third-order valence-electron chi connectivity index (χ3n) is 6.58. The van der Waals surface area contributed by atoms with Crippen molar-refractivity contribution in [2.45, 2.75) is 39.8 Å². The molecule has 0 aliphatic heterocycles. The Morgan fingerprint density at radius 1 is 0.976 bits per heavy atom. The molecule has 0 radical (unpaired) electrons. The molecule has 0 spiro atoms. The van der Waals surface area contributed by atoms with Crippen LogP contribution in [0.4, 0.5) is 10.5 Å². The fraction of sp³-hybridized carbons (Fsp3) is 0.226. The number of nitrogens with zero attached hydrogens (tertiary/aromatic N) is 2. The summed E-state index contributed by atoms with van der Waals surface area (Å²) in [6.45, 7) is 5.57. The SMILES string of the molecule is CCOC(=O)CC(NC(=O)Nc1c(O)c(C)cn(CC)c1=O)c1cccc(-n2cccc(-c3ccccc3)c2=O)c1. The van der Waals surface area contributed by atoms with Crippen LogP contribution in [0.2, 0.25) is 0 Å². The second kappa shape index (κ2) is 12.8. The minimum atomic E-state index is -0.873. The van der Waals surface area contributed by atoms with E-state index >= 15 is 0 Å². The Balaban J connectivity index is 1.67. The maximum absolute atomic E-state index is 13.4. The van der Waals surface area contributed by atoms with Gasteiger partial charge in [0.25, 0.3) is 11.1 Å². The van der Waals surface area contributed by atoms with Gasteiger partial charge in [-0.25, -0.2) is 4.79 Å². The van der Waals surface area contributed by atoms with Crippen molar-refractivity contribution < 1.29 is 19.4 Å². The highest BCUT2D eigenvalue weighted by molar-refractivity contribution is 5.91. The molecule has 41 heavy (non-hydrogen) atoms. The number of carbonyl (C=O) groups excluding carboxylic acids is 2. The molecule has 0 bridgehead atoms. The van der Waals surface area contributed by atoms with Crippen molar-refractivity contribution in [1.29, 1.82) is 0 Å². The van der Waals surface area contributed by atoms with Gasteiger partial charge in [-0.3, -0.25) is 19.0 Å². The molecule has 2 amide bonds. The molecule has 1 unspecified atom stereocenters.